The molecule has 1 unspecified atom stereocenters. The van der Waals surface area contributed by atoms with Crippen molar-refractivity contribution in [2.24, 2.45) is 0 Å². The zero-order valence-corrected chi connectivity index (χ0v) is 17.3. The fraction of sp³-hybridized carbons (Fsp3) is 0.458. The molecule has 0 saturated carbocycles. The average molecular weight is 411 g/mol. The molecule has 2 fully saturated rings. The van der Waals surface area contributed by atoms with Gasteiger partial charge in [-0.2, -0.15) is 0 Å². The van der Waals surface area contributed by atoms with E-state index in [0.29, 0.717) is 24.5 Å². The van der Waals surface area contributed by atoms with Crippen LogP contribution in [0.25, 0.3) is 0 Å². The third-order valence-corrected chi connectivity index (χ3v) is 5.61. The van der Waals surface area contributed by atoms with Gasteiger partial charge in [0.25, 0.3) is 5.91 Å². The molecule has 2 aliphatic heterocycles. The smallest absolute Gasteiger partial charge is 0.251 e. The number of hydrogen-bond acceptors (Lipinski definition) is 5. The van der Waals surface area contributed by atoms with Crippen molar-refractivity contribution in [3.8, 4) is 5.75 Å². The second-order valence-corrected chi connectivity index (χ2v) is 7.81. The van der Waals surface area contributed by atoms with Gasteiger partial charge in [0, 0.05) is 38.3 Å². The summed E-state index contributed by atoms with van der Waals surface area (Å²) in [5.74, 6) is 0.601. The zero-order valence-electron chi connectivity index (χ0n) is 17.3. The second kappa shape index (κ2) is 10.6. The van der Waals surface area contributed by atoms with Gasteiger partial charge >= 0.3 is 0 Å². The van der Waals surface area contributed by atoms with Crippen molar-refractivity contribution in [1.82, 2.24) is 10.2 Å². The third kappa shape index (κ3) is 5.81. The van der Waals surface area contributed by atoms with E-state index in [1.807, 2.05) is 24.3 Å². The van der Waals surface area contributed by atoms with Gasteiger partial charge in [-0.15, -0.1) is 0 Å². The van der Waals surface area contributed by atoms with E-state index >= 15 is 0 Å². The molecule has 0 aliphatic carbocycles. The van der Waals surface area contributed by atoms with E-state index < -0.39 is 0 Å². The molecule has 0 spiro atoms. The van der Waals surface area contributed by atoms with Crippen molar-refractivity contribution in [1.29, 1.82) is 0 Å². The highest BCUT2D eigenvalue weighted by Crippen LogP contribution is 2.18. The molecule has 2 heterocycles. The highest BCUT2D eigenvalue weighted by molar-refractivity contribution is 5.94. The molecular weight excluding hydrogens is 380 g/mol. The Labute approximate surface area is 178 Å². The van der Waals surface area contributed by atoms with Crippen molar-refractivity contribution >= 4 is 5.91 Å². The Hall–Kier alpha value is -2.41. The molecule has 2 aromatic rings. The molecule has 4 rings (SSSR count). The first-order valence-electron chi connectivity index (χ1n) is 10.8. The van der Waals surface area contributed by atoms with Gasteiger partial charge in [0.15, 0.2) is 0 Å². The summed E-state index contributed by atoms with van der Waals surface area (Å²) in [6, 6.07) is 15.6. The third-order valence-electron chi connectivity index (χ3n) is 5.61. The predicted octanol–water partition coefficient (Wildman–Crippen LogP) is 3.01. The summed E-state index contributed by atoms with van der Waals surface area (Å²) >= 11 is 0. The van der Waals surface area contributed by atoms with E-state index in [1.54, 1.807) is 6.07 Å². The lowest BCUT2D eigenvalue weighted by Gasteiger charge is -2.27. The first-order chi connectivity index (χ1) is 14.8. The van der Waals surface area contributed by atoms with Gasteiger partial charge in [-0.05, 0) is 42.2 Å². The molecule has 6 nitrogen and oxygen atoms in total. The number of rotatable bonds is 8. The molecule has 2 aromatic carbocycles. The maximum atomic E-state index is 12.7. The van der Waals surface area contributed by atoms with E-state index in [9.17, 15) is 4.79 Å². The normalized spacial score (nSPS) is 19.5. The monoisotopic (exact) mass is 410 g/mol. The highest BCUT2D eigenvalue weighted by Gasteiger charge is 2.17. The molecule has 1 amide bonds. The van der Waals surface area contributed by atoms with Gasteiger partial charge in [-0.1, -0.05) is 30.3 Å². The van der Waals surface area contributed by atoms with Crippen molar-refractivity contribution in [2.45, 2.75) is 32.0 Å². The van der Waals surface area contributed by atoms with Crippen LogP contribution in [-0.4, -0.2) is 56.4 Å². The lowest BCUT2D eigenvalue weighted by Crippen LogP contribution is -2.36. The summed E-state index contributed by atoms with van der Waals surface area (Å²) in [4.78, 5) is 15.1. The van der Waals surface area contributed by atoms with Crippen LogP contribution in [-0.2, 0) is 22.6 Å². The van der Waals surface area contributed by atoms with Crippen LogP contribution >= 0.6 is 0 Å². The topological polar surface area (TPSA) is 60.0 Å². The molecule has 2 saturated heterocycles. The summed E-state index contributed by atoms with van der Waals surface area (Å²) in [5.41, 5.74) is 2.99. The van der Waals surface area contributed by atoms with Crippen LogP contribution in [0.2, 0.25) is 0 Å². The Morgan fingerprint density at radius 3 is 2.70 bits per heavy atom. The lowest BCUT2D eigenvalue weighted by molar-refractivity contribution is 0.0340. The van der Waals surface area contributed by atoms with Gasteiger partial charge in [0.05, 0.1) is 19.3 Å². The standard InChI is InChI=1S/C24H30N2O4/c27-24(19-7-3-8-22(15-19)30-18-23-9-4-12-29-23)25-16-20-5-1-2-6-21(20)17-26-10-13-28-14-11-26/h1-3,5-8,15,23H,4,9-14,16-18H2,(H,25,27). The van der Waals surface area contributed by atoms with Crippen LogP contribution in [0.3, 0.4) is 0 Å². The van der Waals surface area contributed by atoms with Crippen LogP contribution in [0, 0.1) is 0 Å². The number of nitrogens with one attached hydrogen (secondary N) is 1. The molecule has 6 heteroatoms. The van der Waals surface area contributed by atoms with E-state index in [4.69, 9.17) is 14.2 Å². The summed E-state index contributed by atoms with van der Waals surface area (Å²) in [5, 5.41) is 3.05. The van der Waals surface area contributed by atoms with Gasteiger partial charge in [-0.25, -0.2) is 0 Å². The van der Waals surface area contributed by atoms with E-state index in [2.05, 4.69) is 28.4 Å². The number of carbonyl (C=O) groups excluding carboxylic acids is 1. The summed E-state index contributed by atoms with van der Waals surface area (Å²) in [7, 11) is 0. The lowest BCUT2D eigenvalue weighted by atomic mass is 10.1. The Kier molecular flexibility index (Phi) is 7.34. The highest BCUT2D eigenvalue weighted by atomic mass is 16.5. The van der Waals surface area contributed by atoms with Crippen LogP contribution < -0.4 is 10.1 Å². The number of morpholine rings is 1. The van der Waals surface area contributed by atoms with Crippen molar-refractivity contribution < 1.29 is 19.0 Å². The number of benzene rings is 2. The summed E-state index contributed by atoms with van der Waals surface area (Å²) < 4.78 is 16.9. The van der Waals surface area contributed by atoms with Gasteiger partial charge in [0.1, 0.15) is 12.4 Å². The maximum absolute atomic E-state index is 12.7. The molecule has 160 valence electrons. The molecular formula is C24H30N2O4. The molecule has 0 bridgehead atoms. The fourth-order valence-electron chi connectivity index (χ4n) is 3.85. The van der Waals surface area contributed by atoms with Crippen LogP contribution in [0.4, 0.5) is 0 Å². The largest absolute Gasteiger partial charge is 0.491 e. The van der Waals surface area contributed by atoms with Crippen molar-refractivity contribution in [3.05, 3.63) is 65.2 Å². The van der Waals surface area contributed by atoms with Crippen LogP contribution in [0.1, 0.15) is 34.3 Å². The minimum Gasteiger partial charge on any atom is -0.491 e. The maximum Gasteiger partial charge on any atom is 0.251 e. The minimum absolute atomic E-state index is 0.0984. The molecule has 0 radical (unpaired) electrons. The number of nitrogens with zero attached hydrogens (tertiary/aromatic N) is 1. The predicted molar refractivity (Wildman–Crippen MR) is 115 cm³/mol. The Morgan fingerprint density at radius 1 is 1.07 bits per heavy atom. The Bertz CT molecular complexity index is 829. The molecule has 2 aliphatic rings. The first-order valence-corrected chi connectivity index (χ1v) is 10.8. The second-order valence-electron chi connectivity index (χ2n) is 7.81. The van der Waals surface area contributed by atoms with Crippen LogP contribution in [0.5, 0.6) is 5.75 Å². The summed E-state index contributed by atoms with van der Waals surface area (Å²) in [6.45, 7) is 6.17. The fourth-order valence-corrected chi connectivity index (χ4v) is 3.85. The zero-order chi connectivity index (χ0) is 20.6. The minimum atomic E-state index is -0.0984. The number of hydrogen-bond donors (Lipinski definition) is 1. The molecule has 0 aromatic heterocycles. The summed E-state index contributed by atoms with van der Waals surface area (Å²) in [6.07, 6.45) is 2.28. The average Bonchev–Trinajstić information content (AvgIpc) is 3.32. The number of amides is 1. The molecule has 1 N–H and O–H groups in total. The van der Waals surface area contributed by atoms with Crippen molar-refractivity contribution in [2.75, 3.05) is 39.5 Å². The Balaban J connectivity index is 1.32. The van der Waals surface area contributed by atoms with E-state index in [-0.39, 0.29) is 12.0 Å². The van der Waals surface area contributed by atoms with Gasteiger partial charge < -0.3 is 19.5 Å². The molecule has 1 atom stereocenters. The van der Waals surface area contributed by atoms with Crippen molar-refractivity contribution in [3.63, 3.8) is 0 Å². The van der Waals surface area contributed by atoms with E-state index in [0.717, 1.165) is 57.9 Å². The SMILES string of the molecule is O=C(NCc1ccccc1CN1CCOCC1)c1cccc(OCC2CCCO2)c1. The van der Waals surface area contributed by atoms with Crippen LogP contribution in [0.15, 0.2) is 48.5 Å². The quantitative estimate of drug-likeness (QED) is 0.725. The Morgan fingerprint density at radius 2 is 1.90 bits per heavy atom. The van der Waals surface area contributed by atoms with Gasteiger partial charge in [-0.3, -0.25) is 9.69 Å². The number of carbonyl (C=O) groups is 1. The molecule has 30 heavy (non-hydrogen) atoms. The number of ether oxygens (including phenoxy) is 3. The van der Waals surface area contributed by atoms with Gasteiger partial charge in [0.2, 0.25) is 0 Å². The van der Waals surface area contributed by atoms with E-state index in [1.165, 1.54) is 5.56 Å². The first kappa shape index (κ1) is 20.8.